The van der Waals surface area contributed by atoms with Gasteiger partial charge in [-0.1, -0.05) is 25.1 Å². The SMILES string of the molecule is CCc1ccc2c(c1)[C@]1(C(=O)N2)[C@@H]2C(=O)N(c3ccc(C)c(C)c3)C(=O)[C@@H]2[C@H]2CCCN21. The molecule has 0 radical (unpaired) electrons. The minimum atomic E-state index is -1.10. The highest BCUT2D eigenvalue weighted by Crippen LogP contribution is 2.60. The van der Waals surface area contributed by atoms with Gasteiger partial charge < -0.3 is 5.32 Å². The first kappa shape index (κ1) is 19.7. The van der Waals surface area contributed by atoms with Crippen molar-refractivity contribution in [2.45, 2.75) is 51.6 Å². The number of imide groups is 1. The number of anilines is 2. The Kier molecular flexibility index (Phi) is 4.01. The molecule has 1 N–H and O–H groups in total. The van der Waals surface area contributed by atoms with E-state index in [9.17, 15) is 14.4 Å². The Morgan fingerprint density at radius 2 is 1.84 bits per heavy atom. The molecule has 2 aromatic rings. The second-order valence-corrected chi connectivity index (χ2v) is 9.64. The third-order valence-electron chi connectivity index (χ3n) is 8.21. The molecule has 4 atom stereocenters. The standard InChI is InChI=1S/C26H27N3O3/c1-4-16-8-10-19-18(13-16)26(25(32)27-19)22-21(20-6-5-11-28(20)26)23(30)29(24(22)31)17-9-7-14(2)15(3)12-17/h7-10,12-13,20-22H,4-6,11H2,1-3H3,(H,27,32)/t20-,21-,22+,26-/m1/s1. The topological polar surface area (TPSA) is 69.7 Å². The van der Waals surface area contributed by atoms with E-state index in [0.29, 0.717) is 5.69 Å². The van der Waals surface area contributed by atoms with E-state index in [1.807, 2.05) is 44.2 Å². The number of benzene rings is 2. The molecule has 0 bridgehead atoms. The number of hydrogen-bond acceptors (Lipinski definition) is 4. The van der Waals surface area contributed by atoms with E-state index < -0.39 is 17.4 Å². The third-order valence-corrected chi connectivity index (χ3v) is 8.21. The van der Waals surface area contributed by atoms with Crippen LogP contribution in [0.25, 0.3) is 0 Å². The molecule has 3 saturated heterocycles. The van der Waals surface area contributed by atoms with E-state index in [4.69, 9.17) is 0 Å². The lowest BCUT2D eigenvalue weighted by Crippen LogP contribution is -2.54. The molecule has 0 saturated carbocycles. The van der Waals surface area contributed by atoms with E-state index in [1.165, 1.54) is 4.90 Å². The number of aryl methyl sites for hydroxylation is 3. The maximum Gasteiger partial charge on any atom is 0.250 e. The van der Waals surface area contributed by atoms with E-state index in [0.717, 1.165) is 53.7 Å². The number of nitrogens with one attached hydrogen (secondary N) is 1. The van der Waals surface area contributed by atoms with Crippen molar-refractivity contribution in [3.8, 4) is 0 Å². The Morgan fingerprint density at radius 1 is 1.03 bits per heavy atom. The summed E-state index contributed by atoms with van der Waals surface area (Å²) in [5.74, 6) is -1.76. The van der Waals surface area contributed by atoms with Gasteiger partial charge in [-0.3, -0.25) is 19.3 Å². The summed E-state index contributed by atoms with van der Waals surface area (Å²) in [5.41, 5.74) is 4.41. The summed E-state index contributed by atoms with van der Waals surface area (Å²) >= 11 is 0. The molecule has 6 rings (SSSR count). The average molecular weight is 430 g/mol. The fourth-order valence-corrected chi connectivity index (χ4v) is 6.59. The zero-order valence-electron chi connectivity index (χ0n) is 18.6. The molecule has 32 heavy (non-hydrogen) atoms. The number of nitrogens with zero attached hydrogens (tertiary/aromatic N) is 2. The Morgan fingerprint density at radius 3 is 2.59 bits per heavy atom. The van der Waals surface area contributed by atoms with Crippen molar-refractivity contribution in [3.63, 3.8) is 0 Å². The zero-order chi connectivity index (χ0) is 22.4. The van der Waals surface area contributed by atoms with Crippen LogP contribution in [-0.4, -0.2) is 35.2 Å². The van der Waals surface area contributed by atoms with E-state index in [1.54, 1.807) is 0 Å². The zero-order valence-corrected chi connectivity index (χ0v) is 18.6. The van der Waals surface area contributed by atoms with E-state index >= 15 is 0 Å². The van der Waals surface area contributed by atoms with Crippen LogP contribution in [0.3, 0.4) is 0 Å². The lowest BCUT2D eigenvalue weighted by atomic mass is 9.75. The number of amides is 3. The number of carbonyl (C=O) groups is 3. The molecular formula is C26H27N3O3. The van der Waals surface area contributed by atoms with Crippen LogP contribution in [0, 0.1) is 25.7 Å². The highest BCUT2D eigenvalue weighted by molar-refractivity contribution is 6.25. The maximum atomic E-state index is 14.0. The molecule has 4 aliphatic rings. The van der Waals surface area contributed by atoms with Crippen molar-refractivity contribution in [2.75, 3.05) is 16.8 Å². The molecular weight excluding hydrogens is 402 g/mol. The first-order valence-corrected chi connectivity index (χ1v) is 11.6. The molecule has 3 amide bonds. The molecule has 164 valence electrons. The van der Waals surface area contributed by atoms with Gasteiger partial charge in [-0.15, -0.1) is 0 Å². The minimum absolute atomic E-state index is 0.0880. The lowest BCUT2D eigenvalue weighted by molar-refractivity contribution is -0.135. The van der Waals surface area contributed by atoms with Gasteiger partial charge in [0.25, 0.3) is 0 Å². The van der Waals surface area contributed by atoms with Crippen LogP contribution in [0.4, 0.5) is 11.4 Å². The van der Waals surface area contributed by atoms with Crippen molar-refractivity contribution in [3.05, 3.63) is 58.7 Å². The summed E-state index contributed by atoms with van der Waals surface area (Å²) in [6.07, 6.45) is 2.60. The normalized spacial score (nSPS) is 30.8. The van der Waals surface area contributed by atoms with Gasteiger partial charge in [-0.05, 0) is 74.5 Å². The van der Waals surface area contributed by atoms with Crippen LogP contribution in [0.15, 0.2) is 36.4 Å². The molecule has 6 nitrogen and oxygen atoms in total. The average Bonchev–Trinajstić information content (AvgIpc) is 3.48. The third kappa shape index (κ3) is 2.21. The van der Waals surface area contributed by atoms with Crippen LogP contribution in [0.2, 0.25) is 0 Å². The van der Waals surface area contributed by atoms with Crippen LogP contribution in [-0.2, 0) is 26.3 Å². The largest absolute Gasteiger partial charge is 0.324 e. The number of rotatable bonds is 2. The molecule has 0 aromatic heterocycles. The van der Waals surface area contributed by atoms with Gasteiger partial charge in [0.2, 0.25) is 17.7 Å². The predicted octanol–water partition coefficient (Wildman–Crippen LogP) is 3.30. The first-order valence-electron chi connectivity index (χ1n) is 11.6. The number of fused-ring (bicyclic) bond motifs is 7. The Hall–Kier alpha value is -2.99. The predicted molar refractivity (Wildman–Crippen MR) is 121 cm³/mol. The van der Waals surface area contributed by atoms with Crippen LogP contribution in [0.1, 0.15) is 42.0 Å². The van der Waals surface area contributed by atoms with Gasteiger partial charge in [0.05, 0.1) is 17.5 Å². The van der Waals surface area contributed by atoms with Crippen molar-refractivity contribution in [2.24, 2.45) is 11.8 Å². The van der Waals surface area contributed by atoms with Gasteiger partial charge in [0.15, 0.2) is 0 Å². The summed E-state index contributed by atoms with van der Waals surface area (Å²) in [6, 6.07) is 11.6. The van der Waals surface area contributed by atoms with Gasteiger partial charge in [0.1, 0.15) is 5.54 Å². The molecule has 4 heterocycles. The highest BCUT2D eigenvalue weighted by atomic mass is 16.2. The smallest absolute Gasteiger partial charge is 0.250 e. The van der Waals surface area contributed by atoms with Crippen molar-refractivity contribution in [1.82, 2.24) is 4.90 Å². The molecule has 1 spiro atoms. The molecule has 2 aromatic carbocycles. The Bertz CT molecular complexity index is 1200. The van der Waals surface area contributed by atoms with Crippen molar-refractivity contribution in [1.29, 1.82) is 0 Å². The molecule has 0 aliphatic carbocycles. The summed E-state index contributed by atoms with van der Waals surface area (Å²) in [4.78, 5) is 45.0. The van der Waals surface area contributed by atoms with E-state index in [-0.39, 0.29) is 23.8 Å². The van der Waals surface area contributed by atoms with Gasteiger partial charge in [-0.2, -0.15) is 0 Å². The van der Waals surface area contributed by atoms with Crippen LogP contribution >= 0.6 is 0 Å². The second-order valence-electron chi connectivity index (χ2n) is 9.64. The number of hydrogen-bond donors (Lipinski definition) is 1. The minimum Gasteiger partial charge on any atom is -0.324 e. The highest BCUT2D eigenvalue weighted by Gasteiger charge is 2.74. The Balaban J connectivity index is 1.55. The summed E-state index contributed by atoms with van der Waals surface area (Å²) in [5, 5.41) is 3.05. The quantitative estimate of drug-likeness (QED) is 0.744. The fourth-order valence-electron chi connectivity index (χ4n) is 6.59. The molecule has 3 fully saturated rings. The summed E-state index contributed by atoms with van der Waals surface area (Å²) in [7, 11) is 0. The number of carbonyl (C=O) groups excluding carboxylic acids is 3. The monoisotopic (exact) mass is 429 g/mol. The van der Waals surface area contributed by atoms with Gasteiger partial charge >= 0.3 is 0 Å². The van der Waals surface area contributed by atoms with Gasteiger partial charge in [0, 0.05) is 17.3 Å². The Labute approximate surface area is 187 Å². The maximum absolute atomic E-state index is 14.0. The molecule has 4 aliphatic heterocycles. The van der Waals surface area contributed by atoms with E-state index in [2.05, 4.69) is 23.2 Å². The molecule has 0 unspecified atom stereocenters. The summed E-state index contributed by atoms with van der Waals surface area (Å²) < 4.78 is 0. The first-order chi connectivity index (χ1) is 15.4. The lowest BCUT2D eigenvalue weighted by Gasteiger charge is -2.36. The van der Waals surface area contributed by atoms with Crippen LogP contribution in [0.5, 0.6) is 0 Å². The van der Waals surface area contributed by atoms with Crippen LogP contribution < -0.4 is 10.2 Å². The second kappa shape index (κ2) is 6.51. The summed E-state index contributed by atoms with van der Waals surface area (Å²) in [6.45, 7) is 6.81. The fraction of sp³-hybridized carbons (Fsp3) is 0.423. The van der Waals surface area contributed by atoms with Crippen molar-refractivity contribution >= 4 is 29.1 Å². The van der Waals surface area contributed by atoms with Gasteiger partial charge in [-0.25, -0.2) is 4.90 Å². The van der Waals surface area contributed by atoms with Crippen molar-refractivity contribution < 1.29 is 14.4 Å². The molecule has 6 heteroatoms.